The molecule has 0 bridgehead atoms. The van der Waals surface area contributed by atoms with E-state index in [1.165, 1.54) is 44.4 Å². The average molecular weight is 337 g/mol. The van der Waals surface area contributed by atoms with Crippen LogP contribution in [0, 0.1) is 6.92 Å². The van der Waals surface area contributed by atoms with Gasteiger partial charge < -0.3 is 4.57 Å². The maximum atomic E-state index is 2.52. The molecule has 0 spiro atoms. The normalized spacial score (nSPS) is 14.4. The van der Waals surface area contributed by atoms with Crippen LogP contribution < -0.4 is 0 Å². The lowest BCUT2D eigenvalue weighted by molar-refractivity contribution is 0.665. The van der Waals surface area contributed by atoms with Crippen molar-refractivity contribution in [1.82, 2.24) is 4.57 Å². The first-order chi connectivity index (χ1) is 12.6. The summed E-state index contributed by atoms with van der Waals surface area (Å²) in [6.07, 6.45) is 0. The molecule has 26 heavy (non-hydrogen) atoms. The van der Waals surface area contributed by atoms with E-state index < -0.39 is 0 Å². The third-order valence-corrected chi connectivity index (χ3v) is 5.88. The highest BCUT2D eigenvalue weighted by molar-refractivity contribution is 5.98. The van der Waals surface area contributed by atoms with Gasteiger partial charge in [-0.2, -0.15) is 0 Å². The summed E-state index contributed by atoms with van der Waals surface area (Å²) < 4.78 is 2.52. The van der Waals surface area contributed by atoms with Crippen LogP contribution in [0.1, 0.15) is 36.1 Å². The molecule has 1 aliphatic rings. The second-order valence-electron chi connectivity index (χ2n) is 7.99. The molecule has 128 valence electrons. The van der Waals surface area contributed by atoms with E-state index >= 15 is 0 Å². The molecule has 4 aromatic rings. The largest absolute Gasteiger partial charge is 0.336 e. The van der Waals surface area contributed by atoms with Gasteiger partial charge in [-0.25, -0.2) is 0 Å². The van der Waals surface area contributed by atoms with Gasteiger partial charge in [0.15, 0.2) is 0 Å². The molecule has 1 heteroatoms. The van der Waals surface area contributed by atoms with Gasteiger partial charge in [0.25, 0.3) is 0 Å². The summed E-state index contributed by atoms with van der Waals surface area (Å²) in [6, 6.07) is 26.6. The van der Waals surface area contributed by atoms with Crippen molar-refractivity contribution in [1.29, 1.82) is 0 Å². The summed E-state index contributed by atoms with van der Waals surface area (Å²) in [5.41, 5.74) is 9.74. The van der Waals surface area contributed by atoms with Gasteiger partial charge in [-0.05, 0) is 35.7 Å². The van der Waals surface area contributed by atoms with Crippen molar-refractivity contribution in [3.05, 3.63) is 95.1 Å². The van der Waals surface area contributed by atoms with Crippen LogP contribution in [-0.2, 0) is 12.0 Å². The van der Waals surface area contributed by atoms with Crippen molar-refractivity contribution < 1.29 is 0 Å². The van der Waals surface area contributed by atoms with Crippen molar-refractivity contribution in [2.75, 3.05) is 0 Å². The van der Waals surface area contributed by atoms with Crippen LogP contribution in [0.15, 0.2) is 72.8 Å². The van der Waals surface area contributed by atoms with E-state index in [4.69, 9.17) is 0 Å². The first kappa shape index (κ1) is 15.5. The zero-order valence-corrected chi connectivity index (χ0v) is 15.6. The van der Waals surface area contributed by atoms with Gasteiger partial charge >= 0.3 is 0 Å². The molecule has 0 unspecified atom stereocenters. The van der Waals surface area contributed by atoms with Crippen LogP contribution in [0.4, 0.5) is 0 Å². The highest BCUT2D eigenvalue weighted by atomic mass is 15.0. The summed E-state index contributed by atoms with van der Waals surface area (Å²) in [5, 5.41) is 1.40. The molecule has 0 amide bonds. The second-order valence-corrected chi connectivity index (χ2v) is 7.99. The monoisotopic (exact) mass is 337 g/mol. The Bertz CT molecular complexity index is 1130. The van der Waals surface area contributed by atoms with Crippen LogP contribution in [0.25, 0.3) is 22.2 Å². The third-order valence-electron chi connectivity index (χ3n) is 5.88. The average Bonchev–Trinajstić information content (AvgIpc) is 3.08. The molecule has 0 atom stereocenters. The van der Waals surface area contributed by atoms with E-state index in [0.29, 0.717) is 0 Å². The van der Waals surface area contributed by atoms with Crippen LogP contribution in [0.5, 0.6) is 0 Å². The van der Waals surface area contributed by atoms with Gasteiger partial charge in [-0.15, -0.1) is 0 Å². The maximum absolute atomic E-state index is 2.52. The Kier molecular flexibility index (Phi) is 3.18. The predicted octanol–water partition coefficient (Wildman–Crippen LogP) is 6.30. The molecule has 1 nitrogen and oxygen atoms in total. The van der Waals surface area contributed by atoms with Gasteiger partial charge in [-0.1, -0.05) is 80.1 Å². The Morgan fingerprint density at radius 3 is 2.38 bits per heavy atom. The Morgan fingerprint density at radius 1 is 0.846 bits per heavy atom. The molecule has 5 rings (SSSR count). The van der Waals surface area contributed by atoms with Crippen molar-refractivity contribution in [2.45, 2.75) is 32.7 Å². The zero-order valence-electron chi connectivity index (χ0n) is 15.6. The Hall–Kier alpha value is -2.80. The van der Waals surface area contributed by atoms with Gasteiger partial charge in [0, 0.05) is 28.4 Å². The number of aromatic nitrogens is 1. The fraction of sp³-hybridized carbons (Fsp3) is 0.200. The minimum absolute atomic E-state index is 0.0277. The molecule has 0 fully saturated rings. The lowest BCUT2D eigenvalue weighted by Gasteiger charge is -2.21. The standard InChI is InChI=1S/C25H23N/c1-17-13-14-22-20(15-17)23-24(26(22)16-18-9-5-4-6-10-18)19-11-7-8-12-21(19)25(23,2)3/h4-15H,16H2,1-3H3. The minimum atomic E-state index is 0.0277. The number of fused-ring (bicyclic) bond motifs is 5. The maximum Gasteiger partial charge on any atom is 0.0539 e. The fourth-order valence-corrected chi connectivity index (χ4v) is 4.68. The predicted molar refractivity (Wildman–Crippen MR) is 110 cm³/mol. The second kappa shape index (κ2) is 5.35. The van der Waals surface area contributed by atoms with Gasteiger partial charge in [0.1, 0.15) is 0 Å². The summed E-state index contributed by atoms with van der Waals surface area (Å²) >= 11 is 0. The first-order valence-corrected chi connectivity index (χ1v) is 9.34. The smallest absolute Gasteiger partial charge is 0.0539 e. The van der Waals surface area contributed by atoms with Crippen molar-refractivity contribution in [2.24, 2.45) is 0 Å². The SMILES string of the molecule is Cc1ccc2c(c1)c1c(n2Cc2ccccc2)-c2ccccc2C1(C)C. The van der Waals surface area contributed by atoms with Crippen LogP contribution in [0.2, 0.25) is 0 Å². The summed E-state index contributed by atoms with van der Waals surface area (Å²) in [4.78, 5) is 0. The summed E-state index contributed by atoms with van der Waals surface area (Å²) in [5.74, 6) is 0. The van der Waals surface area contributed by atoms with E-state index in [-0.39, 0.29) is 5.41 Å². The van der Waals surface area contributed by atoms with E-state index in [1.807, 2.05) is 0 Å². The Balaban J connectivity index is 1.87. The number of hydrogen-bond donors (Lipinski definition) is 0. The molecular weight excluding hydrogens is 314 g/mol. The fourth-order valence-electron chi connectivity index (χ4n) is 4.68. The molecule has 0 saturated heterocycles. The highest BCUT2D eigenvalue weighted by Gasteiger charge is 2.39. The quantitative estimate of drug-likeness (QED) is 0.404. The van der Waals surface area contributed by atoms with Crippen LogP contribution in [0.3, 0.4) is 0 Å². The number of hydrogen-bond acceptors (Lipinski definition) is 0. The van der Waals surface area contributed by atoms with E-state index in [0.717, 1.165) is 6.54 Å². The lowest BCUT2D eigenvalue weighted by atomic mass is 9.81. The molecule has 1 aromatic heterocycles. The molecule has 0 N–H and O–H groups in total. The molecule has 1 aliphatic carbocycles. The van der Waals surface area contributed by atoms with E-state index in [1.54, 1.807) is 0 Å². The molecular formula is C25H23N. The number of benzene rings is 3. The summed E-state index contributed by atoms with van der Waals surface area (Å²) in [7, 11) is 0. The summed E-state index contributed by atoms with van der Waals surface area (Å²) in [6.45, 7) is 7.83. The van der Waals surface area contributed by atoms with E-state index in [2.05, 4.69) is 98.1 Å². The Labute approximate surface area is 154 Å². The van der Waals surface area contributed by atoms with Gasteiger partial charge in [-0.3, -0.25) is 0 Å². The number of aryl methyl sites for hydroxylation is 1. The molecule has 1 heterocycles. The topological polar surface area (TPSA) is 4.93 Å². The minimum Gasteiger partial charge on any atom is -0.336 e. The number of rotatable bonds is 2. The Morgan fingerprint density at radius 2 is 1.58 bits per heavy atom. The first-order valence-electron chi connectivity index (χ1n) is 9.34. The highest BCUT2D eigenvalue weighted by Crippen LogP contribution is 2.52. The van der Waals surface area contributed by atoms with Gasteiger partial charge in [0.2, 0.25) is 0 Å². The molecule has 0 saturated carbocycles. The van der Waals surface area contributed by atoms with Crippen molar-refractivity contribution in [3.8, 4) is 11.3 Å². The lowest BCUT2D eigenvalue weighted by Crippen LogP contribution is -2.14. The van der Waals surface area contributed by atoms with Gasteiger partial charge in [0.05, 0.1) is 5.69 Å². The zero-order chi connectivity index (χ0) is 17.9. The van der Waals surface area contributed by atoms with Crippen molar-refractivity contribution in [3.63, 3.8) is 0 Å². The van der Waals surface area contributed by atoms with Crippen LogP contribution in [-0.4, -0.2) is 4.57 Å². The van der Waals surface area contributed by atoms with E-state index in [9.17, 15) is 0 Å². The van der Waals surface area contributed by atoms with Crippen LogP contribution >= 0.6 is 0 Å². The number of nitrogens with zero attached hydrogens (tertiary/aromatic N) is 1. The third kappa shape index (κ3) is 2.03. The molecule has 0 aliphatic heterocycles. The molecule has 0 radical (unpaired) electrons. The molecule has 3 aromatic carbocycles. The van der Waals surface area contributed by atoms with Crippen molar-refractivity contribution >= 4 is 10.9 Å².